The van der Waals surface area contributed by atoms with Gasteiger partial charge in [-0.25, -0.2) is 4.68 Å². The number of nitrogens with zero attached hydrogens (tertiary/aromatic N) is 4. The average Bonchev–Trinajstić information content (AvgIpc) is 3.20. The predicted molar refractivity (Wildman–Crippen MR) is 93.5 cm³/mol. The van der Waals surface area contributed by atoms with Crippen LogP contribution in [0.25, 0.3) is 6.08 Å². The number of methoxy groups -OCH3 is 2. The molecule has 3 rings (SSSR count). The van der Waals surface area contributed by atoms with Crippen molar-refractivity contribution in [2.24, 2.45) is 0 Å². The minimum absolute atomic E-state index is 0.0202. The van der Waals surface area contributed by atoms with Gasteiger partial charge < -0.3 is 14.4 Å². The summed E-state index contributed by atoms with van der Waals surface area (Å²) in [5, 5.41) is 7.89. The summed E-state index contributed by atoms with van der Waals surface area (Å²) in [6.45, 7) is 1.44. The first-order valence-electron chi connectivity index (χ1n) is 8.26. The Bertz CT molecular complexity index is 735. The van der Waals surface area contributed by atoms with Crippen LogP contribution in [0.2, 0.25) is 0 Å². The van der Waals surface area contributed by atoms with E-state index in [9.17, 15) is 4.79 Å². The number of carbonyl (C=O) groups excluding carboxylic acids is 1. The van der Waals surface area contributed by atoms with Gasteiger partial charge in [-0.15, -0.1) is 5.10 Å². The molecule has 1 aliphatic heterocycles. The van der Waals surface area contributed by atoms with Crippen LogP contribution < -0.4 is 9.47 Å². The fourth-order valence-electron chi connectivity index (χ4n) is 2.99. The molecule has 1 saturated heterocycles. The third kappa shape index (κ3) is 3.99. The lowest BCUT2D eigenvalue weighted by atomic mass is 10.1. The monoisotopic (exact) mass is 342 g/mol. The number of piperidine rings is 1. The highest BCUT2D eigenvalue weighted by Gasteiger charge is 2.22. The lowest BCUT2D eigenvalue weighted by Gasteiger charge is -2.31. The van der Waals surface area contributed by atoms with E-state index in [4.69, 9.17) is 9.47 Å². The van der Waals surface area contributed by atoms with E-state index >= 15 is 0 Å². The van der Waals surface area contributed by atoms with E-state index in [-0.39, 0.29) is 5.91 Å². The van der Waals surface area contributed by atoms with Crippen molar-refractivity contribution in [3.8, 4) is 11.5 Å². The standard InChI is InChI=1S/C18H22N4O3/c1-24-16-5-3-14(13-17(16)25-2)4-6-18(23)21-10-7-15(8-11-21)22-12-9-19-20-22/h3-6,9,12-13,15H,7-8,10-11H2,1-2H3/b6-4+. The Morgan fingerprint density at radius 2 is 1.96 bits per heavy atom. The third-order valence-electron chi connectivity index (χ3n) is 4.42. The van der Waals surface area contributed by atoms with Gasteiger partial charge in [0, 0.05) is 25.4 Å². The number of aromatic nitrogens is 3. The first-order chi connectivity index (χ1) is 12.2. The molecule has 1 fully saturated rings. The topological polar surface area (TPSA) is 69.5 Å². The molecule has 7 heteroatoms. The molecule has 7 nitrogen and oxygen atoms in total. The number of ether oxygens (including phenoxy) is 2. The maximum Gasteiger partial charge on any atom is 0.246 e. The summed E-state index contributed by atoms with van der Waals surface area (Å²) in [4.78, 5) is 14.3. The lowest BCUT2D eigenvalue weighted by Crippen LogP contribution is -2.38. The predicted octanol–water partition coefficient (Wildman–Crippen LogP) is 2.17. The number of hydrogen-bond donors (Lipinski definition) is 0. The molecule has 1 aromatic heterocycles. The van der Waals surface area contributed by atoms with Gasteiger partial charge in [-0.1, -0.05) is 11.3 Å². The largest absolute Gasteiger partial charge is 0.493 e. The van der Waals surface area contributed by atoms with E-state index in [1.54, 1.807) is 32.6 Å². The van der Waals surface area contributed by atoms with Crippen LogP contribution in [0.4, 0.5) is 0 Å². The number of hydrogen-bond acceptors (Lipinski definition) is 5. The number of carbonyl (C=O) groups is 1. The van der Waals surface area contributed by atoms with Crippen LogP contribution in [0.5, 0.6) is 11.5 Å². The second-order valence-corrected chi connectivity index (χ2v) is 5.89. The number of benzene rings is 1. The Morgan fingerprint density at radius 3 is 2.60 bits per heavy atom. The van der Waals surface area contributed by atoms with Crippen LogP contribution in [0.15, 0.2) is 36.7 Å². The zero-order valence-electron chi connectivity index (χ0n) is 14.5. The number of amides is 1. The molecule has 2 aromatic rings. The molecule has 0 N–H and O–H groups in total. The minimum atomic E-state index is 0.0202. The van der Waals surface area contributed by atoms with Gasteiger partial charge in [-0.2, -0.15) is 0 Å². The van der Waals surface area contributed by atoms with Gasteiger partial charge in [-0.3, -0.25) is 4.79 Å². The van der Waals surface area contributed by atoms with Gasteiger partial charge in [0.05, 0.1) is 26.5 Å². The maximum absolute atomic E-state index is 12.4. The molecule has 1 amide bonds. The molecule has 1 aromatic carbocycles. The first-order valence-corrected chi connectivity index (χ1v) is 8.26. The van der Waals surface area contributed by atoms with Gasteiger partial charge in [-0.05, 0) is 36.6 Å². The summed E-state index contributed by atoms with van der Waals surface area (Å²) < 4.78 is 12.4. The van der Waals surface area contributed by atoms with E-state index in [0.29, 0.717) is 17.5 Å². The molecule has 0 aliphatic carbocycles. The molecule has 0 spiro atoms. The van der Waals surface area contributed by atoms with Crippen LogP contribution in [0, 0.1) is 0 Å². The fraction of sp³-hybridized carbons (Fsp3) is 0.389. The Hall–Kier alpha value is -2.83. The van der Waals surface area contributed by atoms with Crippen molar-refractivity contribution in [3.63, 3.8) is 0 Å². The summed E-state index contributed by atoms with van der Waals surface area (Å²) in [5.74, 6) is 1.33. The molecule has 25 heavy (non-hydrogen) atoms. The molecule has 0 radical (unpaired) electrons. The first kappa shape index (κ1) is 17.0. The second kappa shape index (κ2) is 7.83. The van der Waals surface area contributed by atoms with Crippen LogP contribution in [-0.2, 0) is 4.79 Å². The zero-order chi connectivity index (χ0) is 17.6. The van der Waals surface area contributed by atoms with E-state index < -0.39 is 0 Å². The molecule has 0 atom stereocenters. The quantitative estimate of drug-likeness (QED) is 0.779. The molecule has 0 unspecified atom stereocenters. The summed E-state index contributed by atoms with van der Waals surface area (Å²) in [5.41, 5.74) is 0.892. The second-order valence-electron chi connectivity index (χ2n) is 5.89. The highest BCUT2D eigenvalue weighted by molar-refractivity contribution is 5.91. The molecular formula is C18H22N4O3. The fourth-order valence-corrected chi connectivity index (χ4v) is 2.99. The maximum atomic E-state index is 12.4. The van der Waals surface area contributed by atoms with Crippen molar-refractivity contribution in [3.05, 3.63) is 42.2 Å². The van der Waals surface area contributed by atoms with Gasteiger partial charge in [0.1, 0.15) is 0 Å². The SMILES string of the molecule is COc1ccc(/C=C/C(=O)N2CCC(n3ccnn3)CC2)cc1OC. The molecule has 0 saturated carbocycles. The van der Waals surface area contributed by atoms with Crippen molar-refractivity contribution in [2.45, 2.75) is 18.9 Å². The van der Waals surface area contributed by atoms with Gasteiger partial charge in [0.25, 0.3) is 0 Å². The van der Waals surface area contributed by atoms with Crippen LogP contribution in [0.1, 0.15) is 24.4 Å². The smallest absolute Gasteiger partial charge is 0.246 e. The van der Waals surface area contributed by atoms with Gasteiger partial charge in [0.2, 0.25) is 5.91 Å². The lowest BCUT2D eigenvalue weighted by molar-refractivity contribution is -0.127. The molecule has 2 heterocycles. The molecule has 1 aliphatic rings. The van der Waals surface area contributed by atoms with Crippen LogP contribution in [-0.4, -0.2) is 53.1 Å². The Labute approximate surface area is 146 Å². The molecule has 0 bridgehead atoms. The molecular weight excluding hydrogens is 320 g/mol. The average molecular weight is 342 g/mol. The zero-order valence-corrected chi connectivity index (χ0v) is 14.5. The Balaban J connectivity index is 1.58. The summed E-state index contributed by atoms with van der Waals surface area (Å²) in [7, 11) is 3.19. The van der Waals surface area contributed by atoms with E-state index in [1.165, 1.54) is 0 Å². The van der Waals surface area contributed by atoms with Crippen LogP contribution >= 0.6 is 0 Å². The Kier molecular flexibility index (Phi) is 5.33. The number of rotatable bonds is 5. The summed E-state index contributed by atoms with van der Waals surface area (Å²) in [6.07, 6.45) is 8.74. The summed E-state index contributed by atoms with van der Waals surface area (Å²) in [6, 6.07) is 5.88. The highest BCUT2D eigenvalue weighted by Crippen LogP contribution is 2.28. The van der Waals surface area contributed by atoms with Crippen molar-refractivity contribution in [1.82, 2.24) is 19.9 Å². The third-order valence-corrected chi connectivity index (χ3v) is 4.42. The van der Waals surface area contributed by atoms with E-state index in [2.05, 4.69) is 10.3 Å². The van der Waals surface area contributed by atoms with Crippen molar-refractivity contribution < 1.29 is 14.3 Å². The van der Waals surface area contributed by atoms with Crippen LogP contribution in [0.3, 0.4) is 0 Å². The van der Waals surface area contributed by atoms with E-state index in [0.717, 1.165) is 31.5 Å². The van der Waals surface area contributed by atoms with Crippen molar-refractivity contribution in [1.29, 1.82) is 0 Å². The molecule has 132 valence electrons. The number of likely N-dealkylation sites (tertiary alicyclic amines) is 1. The Morgan fingerprint density at radius 1 is 1.20 bits per heavy atom. The van der Waals surface area contributed by atoms with Gasteiger partial charge in [0.15, 0.2) is 11.5 Å². The summed E-state index contributed by atoms with van der Waals surface area (Å²) >= 11 is 0. The normalized spacial score (nSPS) is 15.5. The van der Waals surface area contributed by atoms with Crippen molar-refractivity contribution in [2.75, 3.05) is 27.3 Å². The highest BCUT2D eigenvalue weighted by atomic mass is 16.5. The van der Waals surface area contributed by atoms with Gasteiger partial charge >= 0.3 is 0 Å². The minimum Gasteiger partial charge on any atom is -0.493 e. The van der Waals surface area contributed by atoms with Crippen molar-refractivity contribution >= 4 is 12.0 Å². The van der Waals surface area contributed by atoms with E-state index in [1.807, 2.05) is 34.0 Å².